The summed E-state index contributed by atoms with van der Waals surface area (Å²) in [6.07, 6.45) is 5.61. The van der Waals surface area contributed by atoms with E-state index in [-0.39, 0.29) is 17.9 Å². The molecule has 1 fully saturated rings. The first kappa shape index (κ1) is 15.0. The van der Waals surface area contributed by atoms with Crippen molar-refractivity contribution in [1.29, 1.82) is 5.26 Å². The largest absolute Gasteiger partial charge is 0.385 e. The van der Waals surface area contributed by atoms with Crippen molar-refractivity contribution in [2.75, 3.05) is 18.9 Å². The van der Waals surface area contributed by atoms with Crippen LogP contribution >= 0.6 is 0 Å². The number of anilines is 1. The molecule has 3 heterocycles. The molecule has 0 bridgehead atoms. The van der Waals surface area contributed by atoms with E-state index in [2.05, 4.69) is 15.3 Å². The maximum atomic E-state index is 12.1. The molecule has 2 aromatic heterocycles. The summed E-state index contributed by atoms with van der Waals surface area (Å²) in [5.41, 5.74) is 2.31. The number of rotatable bonds is 4. The fourth-order valence-corrected chi connectivity index (χ4v) is 3.04. The van der Waals surface area contributed by atoms with Gasteiger partial charge in [-0.1, -0.05) is 0 Å². The Morgan fingerprint density at radius 3 is 2.87 bits per heavy atom. The predicted molar refractivity (Wildman–Crippen MR) is 85.3 cm³/mol. The average Bonchev–Trinajstić information content (AvgIpc) is 2.88. The van der Waals surface area contributed by atoms with Crippen LogP contribution in [0.3, 0.4) is 0 Å². The molecule has 0 aliphatic carbocycles. The van der Waals surface area contributed by atoms with Gasteiger partial charge in [0, 0.05) is 50.2 Å². The normalized spacial score (nSPS) is 20.3. The van der Waals surface area contributed by atoms with Crippen molar-refractivity contribution in [3.05, 3.63) is 54.1 Å². The number of nitrogens with zero attached hydrogens (tertiary/aromatic N) is 4. The van der Waals surface area contributed by atoms with Crippen molar-refractivity contribution < 1.29 is 4.79 Å². The van der Waals surface area contributed by atoms with Crippen molar-refractivity contribution in [2.45, 2.75) is 12.5 Å². The third-order valence-corrected chi connectivity index (χ3v) is 4.18. The summed E-state index contributed by atoms with van der Waals surface area (Å²) in [6.45, 7) is 0.651. The van der Waals surface area contributed by atoms with E-state index in [1.54, 1.807) is 29.6 Å². The molecular formula is C17H17N5O. The summed E-state index contributed by atoms with van der Waals surface area (Å²) in [6, 6.07) is 9.50. The fraction of sp³-hybridized carbons (Fsp3) is 0.294. The summed E-state index contributed by atoms with van der Waals surface area (Å²) in [4.78, 5) is 21.9. The van der Waals surface area contributed by atoms with Crippen molar-refractivity contribution in [1.82, 2.24) is 14.9 Å². The zero-order chi connectivity index (χ0) is 16.2. The quantitative estimate of drug-likeness (QED) is 0.934. The third kappa shape index (κ3) is 3.14. The molecule has 0 spiro atoms. The minimum Gasteiger partial charge on any atom is -0.385 e. The molecule has 0 unspecified atom stereocenters. The highest BCUT2D eigenvalue weighted by Crippen LogP contribution is 2.36. The van der Waals surface area contributed by atoms with E-state index in [1.165, 1.54) is 0 Å². The number of carbonyl (C=O) groups is 1. The van der Waals surface area contributed by atoms with Gasteiger partial charge in [0.2, 0.25) is 5.91 Å². The number of hydrogen-bond donors (Lipinski definition) is 1. The zero-order valence-corrected chi connectivity index (χ0v) is 12.8. The maximum Gasteiger partial charge on any atom is 0.223 e. The number of carbonyl (C=O) groups excluding carboxylic acids is 1. The van der Waals surface area contributed by atoms with Crippen molar-refractivity contribution >= 4 is 11.6 Å². The van der Waals surface area contributed by atoms with Gasteiger partial charge in [0.15, 0.2) is 0 Å². The summed E-state index contributed by atoms with van der Waals surface area (Å²) in [5, 5.41) is 12.2. The molecule has 0 saturated carbocycles. The Bertz CT molecular complexity index is 740. The highest BCUT2D eigenvalue weighted by molar-refractivity contribution is 5.79. The number of aromatic nitrogens is 2. The molecule has 2 atom stereocenters. The maximum absolute atomic E-state index is 12.1. The SMILES string of the molecule is CN1C(=O)C[C@@H](CNc2ccnc(C#N)c2)[C@@H]1c1ccncc1. The van der Waals surface area contributed by atoms with Crippen molar-refractivity contribution in [3.63, 3.8) is 0 Å². The smallest absolute Gasteiger partial charge is 0.223 e. The molecule has 0 aromatic carbocycles. The standard InChI is InChI=1S/C17H17N5O/c1-22-16(23)8-13(17(22)12-2-5-19-6-3-12)11-21-14-4-7-20-15(9-14)10-18/h2-7,9,13,17H,8,11H2,1H3,(H,20,21)/t13-,17-/m0/s1. The molecule has 2 aromatic rings. The minimum atomic E-state index is 0.0373. The Labute approximate surface area is 134 Å². The van der Waals surface area contributed by atoms with Crippen LogP contribution in [-0.4, -0.2) is 34.4 Å². The third-order valence-electron chi connectivity index (χ3n) is 4.18. The highest BCUT2D eigenvalue weighted by atomic mass is 16.2. The van der Waals surface area contributed by atoms with Crippen LogP contribution < -0.4 is 5.32 Å². The molecule has 1 N–H and O–H groups in total. The van der Waals surface area contributed by atoms with E-state index in [9.17, 15) is 4.79 Å². The molecule has 6 heteroatoms. The van der Waals surface area contributed by atoms with Gasteiger partial charge in [0.1, 0.15) is 11.8 Å². The molecule has 6 nitrogen and oxygen atoms in total. The lowest BCUT2D eigenvalue weighted by molar-refractivity contribution is -0.127. The van der Waals surface area contributed by atoms with Crippen LogP contribution in [0.2, 0.25) is 0 Å². The van der Waals surface area contributed by atoms with Crippen LogP contribution in [0.4, 0.5) is 5.69 Å². The van der Waals surface area contributed by atoms with Crippen LogP contribution in [0.1, 0.15) is 23.7 Å². The topological polar surface area (TPSA) is 81.9 Å². The van der Waals surface area contributed by atoms with Gasteiger partial charge < -0.3 is 10.2 Å². The van der Waals surface area contributed by atoms with Crippen molar-refractivity contribution in [2.24, 2.45) is 5.92 Å². The van der Waals surface area contributed by atoms with E-state index < -0.39 is 0 Å². The zero-order valence-electron chi connectivity index (χ0n) is 12.8. The predicted octanol–water partition coefficient (Wildman–Crippen LogP) is 1.98. The van der Waals surface area contributed by atoms with Gasteiger partial charge in [-0.3, -0.25) is 9.78 Å². The number of nitrogens with one attached hydrogen (secondary N) is 1. The van der Waals surface area contributed by atoms with E-state index in [4.69, 9.17) is 5.26 Å². The van der Waals surface area contributed by atoms with Crippen LogP contribution in [0.5, 0.6) is 0 Å². The number of amides is 1. The number of likely N-dealkylation sites (tertiary alicyclic amines) is 1. The Morgan fingerprint density at radius 1 is 1.35 bits per heavy atom. The van der Waals surface area contributed by atoms with Gasteiger partial charge in [0.25, 0.3) is 0 Å². The van der Waals surface area contributed by atoms with Crippen LogP contribution in [0, 0.1) is 17.2 Å². The molecule has 1 saturated heterocycles. The molecule has 1 aliphatic heterocycles. The Morgan fingerprint density at radius 2 is 2.13 bits per heavy atom. The molecule has 1 aliphatic rings. The lowest BCUT2D eigenvalue weighted by Crippen LogP contribution is -2.26. The average molecular weight is 307 g/mol. The van der Waals surface area contributed by atoms with E-state index in [0.29, 0.717) is 18.7 Å². The summed E-state index contributed by atoms with van der Waals surface area (Å²) in [5.74, 6) is 0.305. The monoisotopic (exact) mass is 307 g/mol. The Balaban J connectivity index is 1.75. The second-order valence-electron chi connectivity index (χ2n) is 5.62. The fourth-order valence-electron chi connectivity index (χ4n) is 3.04. The van der Waals surface area contributed by atoms with Gasteiger partial charge in [-0.25, -0.2) is 4.98 Å². The molecule has 116 valence electrons. The number of pyridine rings is 2. The van der Waals surface area contributed by atoms with Gasteiger partial charge in [-0.2, -0.15) is 5.26 Å². The van der Waals surface area contributed by atoms with Crippen molar-refractivity contribution in [3.8, 4) is 6.07 Å². The first-order valence-electron chi connectivity index (χ1n) is 7.44. The van der Waals surface area contributed by atoms with Crippen LogP contribution in [0.15, 0.2) is 42.9 Å². The Kier molecular flexibility index (Phi) is 4.20. The molecule has 3 rings (SSSR count). The lowest BCUT2D eigenvalue weighted by Gasteiger charge is -2.25. The summed E-state index contributed by atoms with van der Waals surface area (Å²) < 4.78 is 0. The second-order valence-corrected chi connectivity index (χ2v) is 5.62. The number of nitriles is 1. The van der Waals surface area contributed by atoms with Gasteiger partial charge in [-0.15, -0.1) is 0 Å². The second kappa shape index (κ2) is 6.44. The number of hydrogen-bond acceptors (Lipinski definition) is 5. The van der Waals surface area contributed by atoms with E-state index >= 15 is 0 Å². The molecule has 23 heavy (non-hydrogen) atoms. The lowest BCUT2D eigenvalue weighted by atomic mass is 9.94. The molecular weight excluding hydrogens is 290 g/mol. The van der Waals surface area contributed by atoms with Crippen LogP contribution in [0.25, 0.3) is 0 Å². The molecule has 1 amide bonds. The summed E-state index contributed by atoms with van der Waals surface area (Å²) in [7, 11) is 1.84. The minimum absolute atomic E-state index is 0.0373. The van der Waals surface area contributed by atoms with E-state index in [0.717, 1.165) is 11.3 Å². The highest BCUT2D eigenvalue weighted by Gasteiger charge is 2.38. The summed E-state index contributed by atoms with van der Waals surface area (Å²) >= 11 is 0. The van der Waals surface area contributed by atoms with Crippen LogP contribution in [-0.2, 0) is 4.79 Å². The van der Waals surface area contributed by atoms with Gasteiger partial charge in [-0.05, 0) is 29.8 Å². The molecule has 0 radical (unpaired) electrons. The van der Waals surface area contributed by atoms with E-state index in [1.807, 2.05) is 31.3 Å². The first-order valence-corrected chi connectivity index (χ1v) is 7.44. The van der Waals surface area contributed by atoms with Gasteiger partial charge >= 0.3 is 0 Å². The van der Waals surface area contributed by atoms with Gasteiger partial charge in [0.05, 0.1) is 6.04 Å². The first-order chi connectivity index (χ1) is 11.2. The Hall–Kier alpha value is -2.94.